The lowest BCUT2D eigenvalue weighted by molar-refractivity contribution is -0.163. The molecule has 1 fully saturated rings. The second-order valence-corrected chi connectivity index (χ2v) is 5.58. The lowest BCUT2D eigenvalue weighted by atomic mass is 10.0. The molecule has 0 aromatic heterocycles. The molecule has 0 aliphatic carbocycles. The first-order chi connectivity index (χ1) is 9.64. The van der Waals surface area contributed by atoms with Crippen LogP contribution in [0.25, 0.3) is 0 Å². The summed E-state index contributed by atoms with van der Waals surface area (Å²) in [5.41, 5.74) is 0.315. The van der Waals surface area contributed by atoms with Gasteiger partial charge in [0, 0.05) is 5.56 Å². The Hall–Kier alpha value is -1.16. The van der Waals surface area contributed by atoms with E-state index in [0.29, 0.717) is 6.61 Å². The molecular weight excluding hydrogens is 252 g/mol. The van der Waals surface area contributed by atoms with Crippen LogP contribution >= 0.6 is 0 Å². The van der Waals surface area contributed by atoms with E-state index >= 15 is 0 Å². The van der Waals surface area contributed by atoms with Crippen molar-refractivity contribution < 1.29 is 14.6 Å². The summed E-state index contributed by atoms with van der Waals surface area (Å²) in [7, 11) is 0. The maximum atomic E-state index is 9.48. The molecule has 2 rings (SSSR count). The summed E-state index contributed by atoms with van der Waals surface area (Å²) in [5.74, 6) is -0.869. The standard InChI is InChI=1S/C17H24O3/c1-3-4-5-9-12-17(15-10-7-6-8-11-15)19-14-16(2,13-18)20-17/h6-12,18H,3-5,13-14H2,1-2H3/b12-9+/t16-,17-/m0/s1. The zero-order chi connectivity index (χ0) is 14.5. The molecule has 3 heteroatoms. The van der Waals surface area contributed by atoms with Gasteiger partial charge in [0.15, 0.2) is 0 Å². The van der Waals surface area contributed by atoms with Crippen LogP contribution in [0, 0.1) is 0 Å². The Kier molecular flexibility index (Phi) is 4.97. The Morgan fingerprint density at radius 3 is 2.65 bits per heavy atom. The number of benzene rings is 1. The Morgan fingerprint density at radius 1 is 1.30 bits per heavy atom. The molecule has 0 unspecified atom stereocenters. The first kappa shape index (κ1) is 15.2. The van der Waals surface area contributed by atoms with Crippen LogP contribution < -0.4 is 0 Å². The fourth-order valence-corrected chi connectivity index (χ4v) is 2.31. The van der Waals surface area contributed by atoms with Crippen LogP contribution in [0.4, 0.5) is 0 Å². The minimum Gasteiger partial charge on any atom is -0.393 e. The summed E-state index contributed by atoms with van der Waals surface area (Å²) >= 11 is 0. The third-order valence-corrected chi connectivity index (χ3v) is 3.56. The van der Waals surface area contributed by atoms with Gasteiger partial charge in [-0.15, -0.1) is 0 Å². The Morgan fingerprint density at radius 2 is 2.05 bits per heavy atom. The summed E-state index contributed by atoms with van der Waals surface area (Å²) in [5, 5.41) is 9.48. The van der Waals surface area contributed by atoms with E-state index < -0.39 is 11.4 Å². The lowest BCUT2D eigenvalue weighted by Crippen LogP contribution is -2.35. The molecule has 0 spiro atoms. The van der Waals surface area contributed by atoms with Crippen molar-refractivity contribution in [3.05, 3.63) is 48.0 Å². The predicted octanol–water partition coefficient (Wildman–Crippen LogP) is 3.38. The van der Waals surface area contributed by atoms with Crippen molar-refractivity contribution in [2.75, 3.05) is 13.2 Å². The Bertz CT molecular complexity index is 443. The van der Waals surface area contributed by atoms with Gasteiger partial charge in [0.05, 0.1) is 13.2 Å². The predicted molar refractivity (Wildman–Crippen MR) is 79.3 cm³/mol. The van der Waals surface area contributed by atoms with E-state index in [2.05, 4.69) is 13.0 Å². The Balaban J connectivity index is 2.24. The highest BCUT2D eigenvalue weighted by Gasteiger charge is 2.47. The van der Waals surface area contributed by atoms with Crippen molar-refractivity contribution in [3.63, 3.8) is 0 Å². The van der Waals surface area contributed by atoms with Crippen LogP contribution in [-0.2, 0) is 15.3 Å². The molecule has 0 amide bonds. The van der Waals surface area contributed by atoms with Gasteiger partial charge in [-0.2, -0.15) is 0 Å². The molecule has 1 heterocycles. The van der Waals surface area contributed by atoms with Crippen molar-refractivity contribution >= 4 is 0 Å². The number of allylic oxidation sites excluding steroid dienone is 1. The molecule has 1 N–H and O–H groups in total. The summed E-state index contributed by atoms with van der Waals surface area (Å²) < 4.78 is 12.0. The molecule has 0 saturated carbocycles. The number of rotatable bonds is 6. The van der Waals surface area contributed by atoms with Gasteiger partial charge >= 0.3 is 0 Å². The quantitative estimate of drug-likeness (QED) is 0.639. The SMILES string of the molecule is CCCC/C=C/[C@]1(c2ccccc2)OC[C@](C)(CO)O1. The van der Waals surface area contributed by atoms with E-state index in [4.69, 9.17) is 9.47 Å². The molecule has 1 aliphatic heterocycles. The van der Waals surface area contributed by atoms with Crippen LogP contribution in [0.2, 0.25) is 0 Å². The van der Waals surface area contributed by atoms with Crippen LogP contribution in [0.5, 0.6) is 0 Å². The van der Waals surface area contributed by atoms with Crippen LogP contribution in [0.3, 0.4) is 0 Å². The van der Waals surface area contributed by atoms with Gasteiger partial charge in [-0.3, -0.25) is 0 Å². The molecule has 0 radical (unpaired) electrons. The maximum absolute atomic E-state index is 9.48. The smallest absolute Gasteiger partial charge is 0.215 e. The number of ether oxygens (including phenoxy) is 2. The average molecular weight is 276 g/mol. The fraction of sp³-hybridized carbons (Fsp3) is 0.529. The molecule has 1 aromatic carbocycles. The van der Waals surface area contributed by atoms with Gasteiger partial charge in [-0.25, -0.2) is 0 Å². The minimum absolute atomic E-state index is 0.0512. The number of aliphatic hydroxyl groups is 1. The number of hydrogen-bond acceptors (Lipinski definition) is 3. The normalized spacial score (nSPS) is 30.1. The van der Waals surface area contributed by atoms with E-state index in [1.54, 1.807) is 0 Å². The van der Waals surface area contributed by atoms with Crippen molar-refractivity contribution in [2.24, 2.45) is 0 Å². The van der Waals surface area contributed by atoms with Crippen LogP contribution in [0.1, 0.15) is 38.7 Å². The molecule has 110 valence electrons. The molecule has 1 saturated heterocycles. The molecule has 1 aromatic rings. The highest BCUT2D eigenvalue weighted by atomic mass is 16.8. The molecule has 0 bridgehead atoms. The summed E-state index contributed by atoms with van der Waals surface area (Å²) in [6.45, 7) is 4.38. The summed E-state index contributed by atoms with van der Waals surface area (Å²) in [6, 6.07) is 9.90. The summed E-state index contributed by atoms with van der Waals surface area (Å²) in [4.78, 5) is 0. The third-order valence-electron chi connectivity index (χ3n) is 3.56. The highest BCUT2D eigenvalue weighted by molar-refractivity contribution is 5.26. The largest absolute Gasteiger partial charge is 0.393 e. The van der Waals surface area contributed by atoms with Gasteiger partial charge in [-0.05, 0) is 19.4 Å². The lowest BCUT2D eigenvalue weighted by Gasteiger charge is -2.28. The van der Waals surface area contributed by atoms with Gasteiger partial charge < -0.3 is 14.6 Å². The molecule has 2 atom stereocenters. The first-order valence-corrected chi connectivity index (χ1v) is 7.32. The number of unbranched alkanes of at least 4 members (excludes halogenated alkanes) is 2. The molecule has 20 heavy (non-hydrogen) atoms. The van der Waals surface area contributed by atoms with Gasteiger partial charge in [0.25, 0.3) is 0 Å². The van der Waals surface area contributed by atoms with Crippen LogP contribution in [0.15, 0.2) is 42.5 Å². The van der Waals surface area contributed by atoms with Crippen molar-refractivity contribution in [1.29, 1.82) is 0 Å². The molecule has 1 aliphatic rings. The number of aliphatic hydroxyl groups excluding tert-OH is 1. The van der Waals surface area contributed by atoms with E-state index in [1.165, 1.54) is 6.42 Å². The van der Waals surface area contributed by atoms with Crippen molar-refractivity contribution in [2.45, 2.75) is 44.5 Å². The van der Waals surface area contributed by atoms with Crippen molar-refractivity contribution in [3.8, 4) is 0 Å². The Labute approximate surface area is 121 Å². The fourth-order valence-electron chi connectivity index (χ4n) is 2.31. The number of hydrogen-bond donors (Lipinski definition) is 1. The molecular formula is C17H24O3. The average Bonchev–Trinajstić information content (AvgIpc) is 2.84. The molecule has 3 nitrogen and oxygen atoms in total. The van der Waals surface area contributed by atoms with Gasteiger partial charge in [-0.1, -0.05) is 56.2 Å². The van der Waals surface area contributed by atoms with Crippen LogP contribution in [-0.4, -0.2) is 23.9 Å². The van der Waals surface area contributed by atoms with Gasteiger partial charge in [0.2, 0.25) is 5.79 Å². The second-order valence-electron chi connectivity index (χ2n) is 5.58. The van der Waals surface area contributed by atoms with E-state index in [1.807, 2.05) is 43.3 Å². The zero-order valence-electron chi connectivity index (χ0n) is 12.3. The van der Waals surface area contributed by atoms with E-state index in [9.17, 15) is 5.11 Å². The first-order valence-electron chi connectivity index (χ1n) is 7.32. The third kappa shape index (κ3) is 3.29. The van der Waals surface area contributed by atoms with E-state index in [0.717, 1.165) is 18.4 Å². The maximum Gasteiger partial charge on any atom is 0.215 e. The second kappa shape index (κ2) is 6.53. The zero-order valence-corrected chi connectivity index (χ0v) is 12.3. The highest BCUT2D eigenvalue weighted by Crippen LogP contribution is 2.40. The monoisotopic (exact) mass is 276 g/mol. The van der Waals surface area contributed by atoms with E-state index in [-0.39, 0.29) is 6.61 Å². The summed E-state index contributed by atoms with van der Waals surface area (Å²) in [6.07, 6.45) is 7.42. The minimum atomic E-state index is -0.869. The van der Waals surface area contributed by atoms with Crippen molar-refractivity contribution in [1.82, 2.24) is 0 Å². The topological polar surface area (TPSA) is 38.7 Å². The van der Waals surface area contributed by atoms with Gasteiger partial charge in [0.1, 0.15) is 5.60 Å².